The SMILES string of the molecule is CCCCC1CCC(C2CCC(OC(F)(F)c3cc(F)c(OC(F)(F)F)c(F)c3)CC2)OC1. The molecule has 1 saturated heterocycles. The average Bonchev–Trinajstić information content (AvgIpc) is 2.75. The van der Waals surface area contributed by atoms with Crippen molar-refractivity contribution in [2.75, 3.05) is 6.61 Å². The molecule has 0 radical (unpaired) electrons. The number of ether oxygens (including phenoxy) is 3. The molecule has 2 aliphatic rings. The van der Waals surface area contributed by atoms with E-state index in [1.54, 1.807) is 0 Å². The molecule has 10 heteroatoms. The van der Waals surface area contributed by atoms with Crippen LogP contribution in [0.5, 0.6) is 5.75 Å². The molecule has 0 N–H and O–H groups in total. The van der Waals surface area contributed by atoms with Gasteiger partial charge in [0.05, 0.1) is 17.8 Å². The zero-order valence-corrected chi connectivity index (χ0v) is 18.4. The van der Waals surface area contributed by atoms with Crippen LogP contribution in [0.4, 0.5) is 30.7 Å². The second-order valence-electron chi connectivity index (χ2n) is 8.95. The maximum atomic E-state index is 14.5. The number of hydrogen-bond donors (Lipinski definition) is 0. The van der Waals surface area contributed by atoms with E-state index < -0.39 is 41.5 Å². The normalized spacial score (nSPS) is 26.9. The van der Waals surface area contributed by atoms with Crippen LogP contribution >= 0.6 is 0 Å². The highest BCUT2D eigenvalue weighted by Crippen LogP contribution is 2.41. The van der Waals surface area contributed by atoms with Crippen molar-refractivity contribution in [1.82, 2.24) is 0 Å². The van der Waals surface area contributed by atoms with Crippen LogP contribution in [0.25, 0.3) is 0 Å². The molecule has 3 rings (SSSR count). The summed E-state index contributed by atoms with van der Waals surface area (Å²) in [6.45, 7) is 2.88. The van der Waals surface area contributed by atoms with Crippen LogP contribution in [0.2, 0.25) is 0 Å². The number of rotatable bonds is 8. The first-order valence-electron chi connectivity index (χ1n) is 11.4. The van der Waals surface area contributed by atoms with Crippen LogP contribution in [-0.2, 0) is 15.6 Å². The first-order valence-corrected chi connectivity index (χ1v) is 11.4. The summed E-state index contributed by atoms with van der Waals surface area (Å²) in [6, 6.07) is 0.196. The number of benzene rings is 1. The monoisotopic (exact) mass is 486 g/mol. The molecule has 1 aliphatic carbocycles. The Hall–Kier alpha value is -1.55. The van der Waals surface area contributed by atoms with Gasteiger partial charge >= 0.3 is 12.5 Å². The highest BCUT2D eigenvalue weighted by atomic mass is 19.4. The van der Waals surface area contributed by atoms with Gasteiger partial charge in [-0.05, 0) is 68.9 Å². The van der Waals surface area contributed by atoms with Crippen molar-refractivity contribution in [1.29, 1.82) is 0 Å². The van der Waals surface area contributed by atoms with Gasteiger partial charge in [0.1, 0.15) is 0 Å². The zero-order chi connectivity index (χ0) is 24.2. The fraction of sp³-hybridized carbons (Fsp3) is 0.739. The van der Waals surface area contributed by atoms with Crippen molar-refractivity contribution in [3.63, 3.8) is 0 Å². The van der Waals surface area contributed by atoms with Crippen molar-refractivity contribution >= 4 is 0 Å². The second kappa shape index (κ2) is 10.8. The molecule has 1 aromatic rings. The molecule has 0 amide bonds. The number of halogens is 7. The first-order chi connectivity index (χ1) is 15.5. The quantitative estimate of drug-likeness (QED) is 0.357. The number of alkyl halides is 5. The third kappa shape index (κ3) is 7.21. The minimum atomic E-state index is -5.36. The van der Waals surface area contributed by atoms with Crippen LogP contribution in [0.1, 0.15) is 70.3 Å². The average molecular weight is 486 g/mol. The van der Waals surface area contributed by atoms with Gasteiger partial charge in [-0.1, -0.05) is 19.8 Å². The van der Waals surface area contributed by atoms with Crippen molar-refractivity contribution in [2.24, 2.45) is 11.8 Å². The van der Waals surface area contributed by atoms with Crippen molar-refractivity contribution < 1.29 is 44.9 Å². The highest BCUT2D eigenvalue weighted by Gasteiger charge is 2.41. The molecule has 2 unspecified atom stereocenters. The predicted molar refractivity (Wildman–Crippen MR) is 106 cm³/mol. The Labute approximate surface area is 188 Å². The maximum absolute atomic E-state index is 14.5. The summed E-state index contributed by atoms with van der Waals surface area (Å²) in [6.07, 6.45) is -2.69. The molecular weight excluding hydrogens is 457 g/mol. The van der Waals surface area contributed by atoms with Gasteiger partial charge in [-0.15, -0.1) is 13.2 Å². The predicted octanol–water partition coefficient (Wildman–Crippen LogP) is 7.47. The van der Waals surface area contributed by atoms with E-state index >= 15 is 0 Å². The van der Waals surface area contributed by atoms with E-state index in [0.29, 0.717) is 31.6 Å². The van der Waals surface area contributed by atoms with Gasteiger partial charge in [0.25, 0.3) is 0 Å². The minimum absolute atomic E-state index is 0.0978. The van der Waals surface area contributed by atoms with Crippen molar-refractivity contribution in [2.45, 2.75) is 89.4 Å². The van der Waals surface area contributed by atoms with Crippen LogP contribution in [0.3, 0.4) is 0 Å². The van der Waals surface area contributed by atoms with Gasteiger partial charge in [-0.25, -0.2) is 8.78 Å². The minimum Gasteiger partial charge on any atom is -0.399 e. The van der Waals surface area contributed by atoms with E-state index in [0.717, 1.165) is 32.3 Å². The molecule has 1 heterocycles. The maximum Gasteiger partial charge on any atom is 0.573 e. The number of hydrogen-bond acceptors (Lipinski definition) is 3. The fourth-order valence-corrected chi connectivity index (χ4v) is 4.72. The third-order valence-electron chi connectivity index (χ3n) is 6.48. The lowest BCUT2D eigenvalue weighted by Gasteiger charge is -2.38. The van der Waals surface area contributed by atoms with Gasteiger partial charge in [-0.2, -0.15) is 8.78 Å². The summed E-state index contributed by atoms with van der Waals surface area (Å²) in [7, 11) is 0. The first kappa shape index (κ1) is 26.1. The van der Waals surface area contributed by atoms with E-state index in [1.807, 2.05) is 0 Å². The van der Waals surface area contributed by atoms with Crippen LogP contribution in [-0.4, -0.2) is 25.2 Å². The molecule has 1 aliphatic heterocycles. The Morgan fingerprint density at radius 3 is 2.09 bits per heavy atom. The van der Waals surface area contributed by atoms with E-state index in [9.17, 15) is 30.7 Å². The Kier molecular flexibility index (Phi) is 8.53. The molecule has 0 spiro atoms. The van der Waals surface area contributed by atoms with Crippen LogP contribution in [0.15, 0.2) is 12.1 Å². The molecule has 0 bridgehead atoms. The Bertz CT molecular complexity index is 745. The second-order valence-corrected chi connectivity index (χ2v) is 8.95. The number of unbranched alkanes of at least 4 members (excludes halogenated alkanes) is 1. The summed E-state index contributed by atoms with van der Waals surface area (Å²) >= 11 is 0. The summed E-state index contributed by atoms with van der Waals surface area (Å²) < 4.78 is 108. The van der Waals surface area contributed by atoms with Crippen molar-refractivity contribution in [3.05, 3.63) is 29.3 Å². The molecule has 1 aromatic carbocycles. The summed E-state index contributed by atoms with van der Waals surface area (Å²) in [5, 5.41) is 0. The van der Waals surface area contributed by atoms with E-state index in [-0.39, 0.29) is 24.2 Å². The van der Waals surface area contributed by atoms with E-state index in [2.05, 4.69) is 11.7 Å². The van der Waals surface area contributed by atoms with Crippen LogP contribution in [0, 0.1) is 23.5 Å². The zero-order valence-electron chi connectivity index (χ0n) is 18.4. The Morgan fingerprint density at radius 1 is 0.939 bits per heavy atom. The topological polar surface area (TPSA) is 27.7 Å². The van der Waals surface area contributed by atoms with Crippen LogP contribution < -0.4 is 4.74 Å². The smallest absolute Gasteiger partial charge is 0.399 e. The molecular formula is C23H29F7O3. The molecule has 188 valence electrons. The lowest BCUT2D eigenvalue weighted by atomic mass is 9.80. The molecule has 3 nitrogen and oxygen atoms in total. The van der Waals surface area contributed by atoms with Gasteiger partial charge in [0.2, 0.25) is 5.75 Å². The third-order valence-corrected chi connectivity index (χ3v) is 6.48. The molecule has 2 fully saturated rings. The van der Waals surface area contributed by atoms with E-state index in [4.69, 9.17) is 9.47 Å². The van der Waals surface area contributed by atoms with E-state index in [1.165, 1.54) is 6.42 Å². The molecule has 0 aromatic heterocycles. The molecule has 1 saturated carbocycles. The molecule has 33 heavy (non-hydrogen) atoms. The Balaban J connectivity index is 1.53. The lowest BCUT2D eigenvalue weighted by molar-refractivity contribution is -0.279. The Morgan fingerprint density at radius 2 is 1.58 bits per heavy atom. The van der Waals surface area contributed by atoms with Crippen molar-refractivity contribution in [3.8, 4) is 5.75 Å². The van der Waals surface area contributed by atoms with Gasteiger partial charge in [0, 0.05) is 6.61 Å². The summed E-state index contributed by atoms with van der Waals surface area (Å²) in [4.78, 5) is 0. The standard InChI is InChI=1S/C23H29F7O3/c1-2-3-4-14-5-10-20(31-13-14)15-6-8-17(9-7-15)32-22(26,27)16-11-18(24)21(19(25)12-16)33-23(28,29)30/h11-12,14-15,17,20H,2-10,13H2,1H3. The highest BCUT2D eigenvalue weighted by molar-refractivity contribution is 5.33. The van der Waals surface area contributed by atoms with Gasteiger partial charge in [0.15, 0.2) is 11.6 Å². The van der Waals surface area contributed by atoms with Gasteiger partial charge < -0.3 is 14.2 Å². The summed E-state index contributed by atoms with van der Waals surface area (Å²) in [5.74, 6) is -4.73. The fourth-order valence-electron chi connectivity index (χ4n) is 4.72. The lowest BCUT2D eigenvalue weighted by Crippen LogP contribution is -2.37. The molecule has 2 atom stereocenters. The largest absolute Gasteiger partial charge is 0.573 e. The van der Waals surface area contributed by atoms with Gasteiger partial charge in [-0.3, -0.25) is 0 Å². The summed E-state index contributed by atoms with van der Waals surface area (Å²) in [5.41, 5.74) is -1.21.